The van der Waals surface area contributed by atoms with E-state index in [2.05, 4.69) is 44.7 Å². The largest absolute Gasteiger partial charge is 0.351 e. The Balaban J connectivity index is 1.68. The molecule has 0 aliphatic carbocycles. The molecule has 0 radical (unpaired) electrons. The number of hydrogen-bond acceptors (Lipinski definition) is 10. The van der Waals surface area contributed by atoms with Crippen LogP contribution >= 0.6 is 0 Å². The number of carbonyl (C=O) groups is 2. The van der Waals surface area contributed by atoms with Gasteiger partial charge in [-0.1, -0.05) is 18.2 Å². The number of benzene rings is 2. The second-order valence-electron chi connectivity index (χ2n) is 12.6. The van der Waals surface area contributed by atoms with Crippen LogP contribution in [0, 0.1) is 28.1 Å². The number of hydroxylamine groups is 2. The number of nitriles is 2. The molecule has 45 heavy (non-hydrogen) atoms. The number of amides is 2. The molecule has 12 heteroatoms. The molecule has 1 spiro atoms. The molecule has 0 bridgehead atoms. The molecule has 2 aliphatic rings. The smallest absolute Gasteiger partial charge is 0.236 e. The average Bonchev–Trinajstić information content (AvgIpc) is 2.98. The minimum absolute atomic E-state index is 0.153. The van der Waals surface area contributed by atoms with Crippen molar-refractivity contribution in [1.82, 2.24) is 31.4 Å². The number of carbonyl (C=O) groups excluding carboxylic acids is 2. The van der Waals surface area contributed by atoms with Crippen LogP contribution in [0.4, 0.5) is 0 Å². The van der Waals surface area contributed by atoms with E-state index < -0.39 is 0 Å². The molecule has 2 heterocycles. The zero-order valence-corrected chi connectivity index (χ0v) is 26.1. The first kappa shape index (κ1) is 34.0. The summed E-state index contributed by atoms with van der Waals surface area (Å²) in [7, 11) is 0. The van der Waals surface area contributed by atoms with E-state index in [1.807, 2.05) is 49.1 Å². The third-order valence-corrected chi connectivity index (χ3v) is 8.91. The lowest BCUT2D eigenvalue weighted by atomic mass is 9.68. The third-order valence-electron chi connectivity index (χ3n) is 8.91. The highest BCUT2D eigenvalue weighted by Crippen LogP contribution is 2.41. The lowest BCUT2D eigenvalue weighted by Crippen LogP contribution is -2.48. The molecule has 0 fully saturated rings. The van der Waals surface area contributed by atoms with E-state index in [9.17, 15) is 20.1 Å². The Morgan fingerprint density at radius 1 is 0.844 bits per heavy atom. The first-order valence-electron chi connectivity index (χ1n) is 15.5. The molecule has 240 valence electrons. The van der Waals surface area contributed by atoms with Crippen LogP contribution in [0.15, 0.2) is 36.4 Å². The zero-order valence-electron chi connectivity index (χ0n) is 26.1. The van der Waals surface area contributed by atoms with Crippen molar-refractivity contribution < 1.29 is 20.0 Å². The van der Waals surface area contributed by atoms with Crippen molar-refractivity contribution in [1.29, 1.82) is 10.5 Å². The monoisotopic (exact) mass is 616 g/mol. The highest BCUT2D eigenvalue weighted by Gasteiger charge is 2.37. The Labute approximate surface area is 264 Å². The summed E-state index contributed by atoms with van der Waals surface area (Å²) in [6.07, 6.45) is 3.29. The standard InChI is InChI=1S/C33H44N8O4/c1-23(38-31(42)17-36-44)19-40-10-8-33(14-30-27(16-35)4-3-5-28(30)21-40)9-11-41(20-24(2)39-32(43)18-37-45)22-29-12-25(15-34)6-7-26(29)13-33/h3-7,12,23-24,36-37,44-45H,8-11,13-14,17-22H2,1-2H3,(H,38,42)(H,39,43)/t23-,24-,33?/m0/s1. The molecule has 4 rings (SSSR count). The summed E-state index contributed by atoms with van der Waals surface area (Å²) in [6, 6.07) is 16.2. The summed E-state index contributed by atoms with van der Waals surface area (Å²) < 4.78 is 0. The number of fused-ring (bicyclic) bond motifs is 2. The maximum absolute atomic E-state index is 12.1. The molecule has 2 amide bonds. The molecule has 2 aromatic rings. The molecular formula is C33H44N8O4. The summed E-state index contributed by atoms with van der Waals surface area (Å²) in [4.78, 5) is 28.9. The van der Waals surface area contributed by atoms with Crippen LogP contribution in [0.1, 0.15) is 60.1 Å². The Morgan fingerprint density at radius 3 is 2.00 bits per heavy atom. The van der Waals surface area contributed by atoms with Gasteiger partial charge in [0, 0.05) is 38.3 Å². The van der Waals surface area contributed by atoms with E-state index in [0.717, 1.165) is 55.5 Å². The molecule has 6 N–H and O–H groups in total. The second kappa shape index (κ2) is 15.9. The molecule has 0 aromatic heterocycles. The van der Waals surface area contributed by atoms with Crippen molar-refractivity contribution in [2.75, 3.05) is 39.3 Å². The van der Waals surface area contributed by atoms with Crippen molar-refractivity contribution in [3.8, 4) is 12.1 Å². The zero-order chi connectivity index (χ0) is 32.4. The van der Waals surface area contributed by atoms with E-state index in [1.54, 1.807) is 0 Å². The highest BCUT2D eigenvalue weighted by atomic mass is 16.5. The fourth-order valence-corrected chi connectivity index (χ4v) is 6.83. The molecule has 12 nitrogen and oxygen atoms in total. The van der Waals surface area contributed by atoms with Gasteiger partial charge < -0.3 is 21.0 Å². The second-order valence-corrected chi connectivity index (χ2v) is 12.6. The number of hydrogen-bond donors (Lipinski definition) is 6. The van der Waals surface area contributed by atoms with Crippen molar-refractivity contribution in [2.24, 2.45) is 5.41 Å². The Hall–Kier alpha value is -3.88. The fraction of sp³-hybridized carbons (Fsp3) is 0.515. The van der Waals surface area contributed by atoms with E-state index in [1.165, 1.54) is 5.56 Å². The van der Waals surface area contributed by atoms with Gasteiger partial charge in [-0.15, -0.1) is 0 Å². The first-order chi connectivity index (χ1) is 21.7. The highest BCUT2D eigenvalue weighted by molar-refractivity contribution is 5.78. The number of nitrogens with zero attached hydrogens (tertiary/aromatic N) is 4. The van der Waals surface area contributed by atoms with Gasteiger partial charge in [-0.3, -0.25) is 19.4 Å². The van der Waals surface area contributed by atoms with E-state index in [-0.39, 0.29) is 42.4 Å². The van der Waals surface area contributed by atoms with Crippen LogP contribution in [-0.2, 0) is 35.5 Å². The van der Waals surface area contributed by atoms with Crippen molar-refractivity contribution in [3.05, 3.63) is 69.8 Å². The van der Waals surface area contributed by atoms with Gasteiger partial charge in [-0.2, -0.15) is 21.5 Å². The van der Waals surface area contributed by atoms with Crippen LogP contribution < -0.4 is 21.6 Å². The molecule has 2 aromatic carbocycles. The van der Waals surface area contributed by atoms with Crippen molar-refractivity contribution >= 4 is 11.8 Å². The fourth-order valence-electron chi connectivity index (χ4n) is 6.83. The minimum Gasteiger partial charge on any atom is -0.351 e. The van der Waals surface area contributed by atoms with Crippen LogP contribution in [0.5, 0.6) is 0 Å². The lowest BCUT2D eigenvalue weighted by molar-refractivity contribution is -0.123. The van der Waals surface area contributed by atoms with Crippen LogP contribution in [0.25, 0.3) is 0 Å². The predicted molar refractivity (Wildman–Crippen MR) is 167 cm³/mol. The lowest BCUT2D eigenvalue weighted by Gasteiger charge is -2.43. The van der Waals surface area contributed by atoms with Crippen molar-refractivity contribution in [3.63, 3.8) is 0 Å². The van der Waals surface area contributed by atoms with Gasteiger partial charge in [0.25, 0.3) is 0 Å². The minimum atomic E-state index is -0.292. The van der Waals surface area contributed by atoms with Crippen LogP contribution in [0.3, 0.4) is 0 Å². The van der Waals surface area contributed by atoms with Crippen LogP contribution in [-0.4, -0.2) is 83.4 Å². The summed E-state index contributed by atoms with van der Waals surface area (Å²) >= 11 is 0. The Bertz CT molecular complexity index is 1430. The van der Waals surface area contributed by atoms with E-state index >= 15 is 0 Å². The Kier molecular flexibility index (Phi) is 12.0. The van der Waals surface area contributed by atoms with Gasteiger partial charge in [0.15, 0.2) is 0 Å². The third kappa shape index (κ3) is 9.31. The molecule has 2 aliphatic heterocycles. The SMILES string of the molecule is C[C@@H](CN1CCC2(CCN(C[C@H](C)NC(=O)CNO)Cc3cccc(C#N)c3C2)Cc2ccc(C#N)cc2C1)NC(=O)CNO. The number of nitrogens with one attached hydrogen (secondary N) is 4. The summed E-state index contributed by atoms with van der Waals surface area (Å²) in [6.45, 7) is 7.59. The molecule has 0 saturated heterocycles. The molecular weight excluding hydrogens is 572 g/mol. The summed E-state index contributed by atoms with van der Waals surface area (Å²) in [5.41, 5.74) is 9.33. The number of rotatable bonds is 10. The van der Waals surface area contributed by atoms with Crippen LogP contribution in [0.2, 0.25) is 0 Å². The predicted octanol–water partition coefficient (Wildman–Crippen LogP) is 1.58. The van der Waals surface area contributed by atoms with E-state index in [0.29, 0.717) is 37.3 Å². The Morgan fingerprint density at radius 2 is 1.44 bits per heavy atom. The molecule has 1 unspecified atom stereocenters. The maximum atomic E-state index is 12.1. The average molecular weight is 617 g/mol. The summed E-state index contributed by atoms with van der Waals surface area (Å²) in [5, 5.41) is 43.5. The van der Waals surface area contributed by atoms with E-state index in [4.69, 9.17) is 10.4 Å². The van der Waals surface area contributed by atoms with Gasteiger partial charge in [-0.05, 0) is 98.5 Å². The quantitative estimate of drug-likeness (QED) is 0.215. The molecule has 0 saturated carbocycles. The van der Waals surface area contributed by atoms with Gasteiger partial charge >= 0.3 is 0 Å². The van der Waals surface area contributed by atoms with Gasteiger partial charge in [0.2, 0.25) is 11.8 Å². The molecule has 3 atom stereocenters. The topological polar surface area (TPSA) is 177 Å². The van der Waals surface area contributed by atoms with Gasteiger partial charge in [0.05, 0.1) is 36.4 Å². The summed E-state index contributed by atoms with van der Waals surface area (Å²) in [5.74, 6) is -0.577. The maximum Gasteiger partial charge on any atom is 0.236 e. The van der Waals surface area contributed by atoms with Gasteiger partial charge in [0.1, 0.15) is 0 Å². The van der Waals surface area contributed by atoms with Gasteiger partial charge in [-0.25, -0.2) is 0 Å². The first-order valence-corrected chi connectivity index (χ1v) is 15.5. The normalized spacial score (nSPS) is 20.1. The van der Waals surface area contributed by atoms with Crippen molar-refractivity contribution in [2.45, 2.75) is 64.7 Å².